The number of carbonyl (C=O) groups is 1. The predicted molar refractivity (Wildman–Crippen MR) is 63.4 cm³/mol. The van der Waals surface area contributed by atoms with Crippen molar-refractivity contribution in [3.63, 3.8) is 0 Å². The summed E-state index contributed by atoms with van der Waals surface area (Å²) in [6.45, 7) is 1.93. The summed E-state index contributed by atoms with van der Waals surface area (Å²) in [4.78, 5) is 12.3. The molecule has 0 bridgehead atoms. The Morgan fingerprint density at radius 1 is 1.38 bits per heavy atom. The van der Waals surface area contributed by atoms with E-state index in [-0.39, 0.29) is 11.7 Å². The van der Waals surface area contributed by atoms with Crippen LogP contribution in [0, 0.1) is 12.7 Å². The number of hydrogen-bond acceptors (Lipinski definition) is 2. The molecule has 4 heteroatoms. The highest BCUT2D eigenvalue weighted by atomic mass is 32.1. The second kappa shape index (κ2) is 4.45. The standard InChI is InChI=1S/C12H10FNOS/c1-8-5-11(16-7-8)12(15)14-10-4-2-3-9(13)6-10/h2-7H,1H3,(H,14,15). The van der Waals surface area contributed by atoms with Gasteiger partial charge in [-0.3, -0.25) is 4.79 Å². The van der Waals surface area contributed by atoms with E-state index in [0.717, 1.165) is 5.56 Å². The molecule has 0 aliphatic rings. The van der Waals surface area contributed by atoms with Crippen LogP contribution in [0.5, 0.6) is 0 Å². The van der Waals surface area contributed by atoms with E-state index in [0.29, 0.717) is 10.6 Å². The Morgan fingerprint density at radius 2 is 2.19 bits per heavy atom. The number of aryl methyl sites for hydroxylation is 1. The Bertz CT molecular complexity index is 521. The molecule has 0 fully saturated rings. The van der Waals surface area contributed by atoms with Crippen LogP contribution in [-0.4, -0.2) is 5.91 Å². The molecule has 0 unspecified atom stereocenters. The maximum atomic E-state index is 12.9. The fourth-order valence-electron chi connectivity index (χ4n) is 1.31. The topological polar surface area (TPSA) is 29.1 Å². The van der Waals surface area contributed by atoms with Gasteiger partial charge in [0.15, 0.2) is 0 Å². The molecule has 2 nitrogen and oxygen atoms in total. The van der Waals surface area contributed by atoms with E-state index < -0.39 is 0 Å². The quantitative estimate of drug-likeness (QED) is 0.848. The average Bonchev–Trinajstić information content (AvgIpc) is 2.65. The molecule has 0 radical (unpaired) electrons. The highest BCUT2D eigenvalue weighted by Gasteiger charge is 2.08. The van der Waals surface area contributed by atoms with Gasteiger partial charge in [-0.05, 0) is 42.1 Å². The summed E-state index contributed by atoms with van der Waals surface area (Å²) in [7, 11) is 0. The van der Waals surface area contributed by atoms with Gasteiger partial charge in [-0.2, -0.15) is 0 Å². The molecule has 1 aromatic carbocycles. The summed E-state index contributed by atoms with van der Waals surface area (Å²) in [5.74, 6) is -0.566. The van der Waals surface area contributed by atoms with Gasteiger partial charge in [-0.25, -0.2) is 4.39 Å². The van der Waals surface area contributed by atoms with Gasteiger partial charge in [0.05, 0.1) is 4.88 Å². The molecule has 2 rings (SSSR count). The summed E-state index contributed by atoms with van der Waals surface area (Å²) < 4.78 is 12.9. The van der Waals surface area contributed by atoms with Crippen molar-refractivity contribution in [3.05, 3.63) is 52.0 Å². The Kier molecular flexibility index (Phi) is 3.01. The normalized spacial score (nSPS) is 10.1. The predicted octanol–water partition coefficient (Wildman–Crippen LogP) is 3.45. The van der Waals surface area contributed by atoms with Crippen molar-refractivity contribution in [1.29, 1.82) is 0 Å². The Labute approximate surface area is 96.7 Å². The zero-order valence-electron chi connectivity index (χ0n) is 8.66. The van der Waals surface area contributed by atoms with Gasteiger partial charge in [0.1, 0.15) is 5.82 Å². The molecule has 1 amide bonds. The molecule has 1 N–H and O–H groups in total. The first-order valence-corrected chi connectivity index (χ1v) is 5.65. The van der Waals surface area contributed by atoms with E-state index >= 15 is 0 Å². The van der Waals surface area contributed by atoms with Crippen molar-refractivity contribution in [2.45, 2.75) is 6.92 Å². The zero-order valence-corrected chi connectivity index (χ0v) is 9.48. The van der Waals surface area contributed by atoms with Gasteiger partial charge in [0, 0.05) is 5.69 Å². The van der Waals surface area contributed by atoms with Crippen LogP contribution >= 0.6 is 11.3 Å². The molecule has 0 aliphatic heterocycles. The number of thiophene rings is 1. The number of nitrogens with one attached hydrogen (secondary N) is 1. The van der Waals surface area contributed by atoms with Crippen LogP contribution in [-0.2, 0) is 0 Å². The second-order valence-electron chi connectivity index (χ2n) is 3.45. The van der Waals surface area contributed by atoms with Crippen molar-refractivity contribution in [2.24, 2.45) is 0 Å². The van der Waals surface area contributed by atoms with Crippen molar-refractivity contribution in [1.82, 2.24) is 0 Å². The highest BCUT2D eigenvalue weighted by molar-refractivity contribution is 7.12. The lowest BCUT2D eigenvalue weighted by molar-refractivity contribution is 0.103. The van der Waals surface area contributed by atoms with Crippen LogP contribution < -0.4 is 5.32 Å². The third-order valence-corrected chi connectivity index (χ3v) is 3.08. The van der Waals surface area contributed by atoms with Crippen LogP contribution in [0.2, 0.25) is 0 Å². The number of halogens is 1. The summed E-state index contributed by atoms with van der Waals surface area (Å²) in [6, 6.07) is 7.65. The second-order valence-corrected chi connectivity index (χ2v) is 4.36. The maximum absolute atomic E-state index is 12.9. The number of carbonyl (C=O) groups excluding carboxylic acids is 1. The first-order chi connectivity index (χ1) is 7.65. The molecule has 0 spiro atoms. The zero-order chi connectivity index (χ0) is 11.5. The van der Waals surface area contributed by atoms with Crippen molar-refractivity contribution < 1.29 is 9.18 Å². The van der Waals surface area contributed by atoms with Gasteiger partial charge in [-0.15, -0.1) is 11.3 Å². The SMILES string of the molecule is Cc1csc(C(=O)Nc2cccc(F)c2)c1. The number of benzene rings is 1. The number of amides is 1. The molecular formula is C12H10FNOS. The Hall–Kier alpha value is -1.68. The summed E-state index contributed by atoms with van der Waals surface area (Å²) in [5, 5.41) is 4.55. The third kappa shape index (κ3) is 2.46. The molecule has 0 saturated heterocycles. The van der Waals surface area contributed by atoms with Crippen molar-refractivity contribution >= 4 is 22.9 Å². The lowest BCUT2D eigenvalue weighted by atomic mass is 10.3. The third-order valence-electron chi connectivity index (χ3n) is 2.04. The number of rotatable bonds is 2. The van der Waals surface area contributed by atoms with Crippen LogP contribution in [0.1, 0.15) is 15.2 Å². The van der Waals surface area contributed by atoms with Gasteiger partial charge in [0.2, 0.25) is 0 Å². The summed E-state index contributed by atoms with van der Waals surface area (Å²) in [5.41, 5.74) is 1.52. The van der Waals surface area contributed by atoms with Crippen LogP contribution in [0.25, 0.3) is 0 Å². The van der Waals surface area contributed by atoms with E-state index in [1.807, 2.05) is 12.3 Å². The van der Waals surface area contributed by atoms with Gasteiger partial charge in [-0.1, -0.05) is 6.07 Å². The average molecular weight is 235 g/mol. The first-order valence-electron chi connectivity index (χ1n) is 4.77. The first kappa shape index (κ1) is 10.8. The van der Waals surface area contributed by atoms with Crippen molar-refractivity contribution in [3.8, 4) is 0 Å². The van der Waals surface area contributed by atoms with Crippen LogP contribution in [0.15, 0.2) is 35.7 Å². The van der Waals surface area contributed by atoms with E-state index in [1.54, 1.807) is 18.2 Å². The molecule has 0 saturated carbocycles. The van der Waals surface area contributed by atoms with E-state index in [9.17, 15) is 9.18 Å². The van der Waals surface area contributed by atoms with E-state index in [4.69, 9.17) is 0 Å². The molecule has 0 atom stereocenters. The minimum absolute atomic E-state index is 0.205. The molecule has 2 aromatic rings. The lowest BCUT2D eigenvalue weighted by Gasteiger charge is -2.02. The smallest absolute Gasteiger partial charge is 0.265 e. The molecule has 82 valence electrons. The van der Waals surface area contributed by atoms with E-state index in [2.05, 4.69) is 5.32 Å². The van der Waals surface area contributed by atoms with Gasteiger partial charge < -0.3 is 5.32 Å². The molecule has 1 heterocycles. The summed E-state index contributed by atoms with van der Waals surface area (Å²) in [6.07, 6.45) is 0. The van der Waals surface area contributed by atoms with Gasteiger partial charge >= 0.3 is 0 Å². The van der Waals surface area contributed by atoms with Gasteiger partial charge in [0.25, 0.3) is 5.91 Å². The lowest BCUT2D eigenvalue weighted by Crippen LogP contribution is -2.10. The highest BCUT2D eigenvalue weighted by Crippen LogP contribution is 2.16. The van der Waals surface area contributed by atoms with Crippen LogP contribution in [0.4, 0.5) is 10.1 Å². The minimum Gasteiger partial charge on any atom is -0.321 e. The monoisotopic (exact) mass is 235 g/mol. The molecule has 1 aromatic heterocycles. The number of hydrogen-bond donors (Lipinski definition) is 1. The largest absolute Gasteiger partial charge is 0.321 e. The minimum atomic E-state index is -0.361. The Balaban J connectivity index is 2.13. The maximum Gasteiger partial charge on any atom is 0.265 e. The van der Waals surface area contributed by atoms with Crippen LogP contribution in [0.3, 0.4) is 0 Å². The summed E-state index contributed by atoms with van der Waals surface area (Å²) >= 11 is 1.38. The molecular weight excluding hydrogens is 225 g/mol. The molecule has 0 aliphatic carbocycles. The van der Waals surface area contributed by atoms with Crippen molar-refractivity contribution in [2.75, 3.05) is 5.32 Å². The molecule has 16 heavy (non-hydrogen) atoms. The number of anilines is 1. The van der Waals surface area contributed by atoms with E-state index in [1.165, 1.54) is 23.5 Å². The fraction of sp³-hybridized carbons (Fsp3) is 0.0833. The fourth-order valence-corrected chi connectivity index (χ4v) is 2.10. The Morgan fingerprint density at radius 3 is 2.81 bits per heavy atom.